The van der Waals surface area contributed by atoms with Crippen LogP contribution in [0.5, 0.6) is 0 Å². The van der Waals surface area contributed by atoms with E-state index >= 15 is 0 Å². The van der Waals surface area contributed by atoms with Gasteiger partial charge in [-0.3, -0.25) is 4.79 Å². The first-order valence-corrected chi connectivity index (χ1v) is 11.2. The van der Waals surface area contributed by atoms with Crippen molar-refractivity contribution < 1.29 is 13.2 Å². The average molecular weight is 426 g/mol. The maximum absolute atomic E-state index is 12.7. The summed E-state index contributed by atoms with van der Waals surface area (Å²) >= 11 is 11.9. The molecule has 0 saturated carbocycles. The van der Waals surface area contributed by atoms with E-state index in [1.807, 2.05) is 31.2 Å². The van der Waals surface area contributed by atoms with Crippen molar-refractivity contribution >= 4 is 39.0 Å². The lowest BCUT2D eigenvalue weighted by Crippen LogP contribution is -2.40. The van der Waals surface area contributed by atoms with Gasteiger partial charge in [0.15, 0.2) is 5.78 Å². The normalized spacial score (nSPS) is 16.4. The van der Waals surface area contributed by atoms with E-state index in [0.717, 1.165) is 5.56 Å². The summed E-state index contributed by atoms with van der Waals surface area (Å²) in [5.41, 5.74) is 2.40. The van der Waals surface area contributed by atoms with Gasteiger partial charge in [-0.15, -0.1) is 0 Å². The number of ketones is 1. The van der Waals surface area contributed by atoms with Gasteiger partial charge in [-0.05, 0) is 37.5 Å². The summed E-state index contributed by atoms with van der Waals surface area (Å²) < 4.78 is 26.9. The van der Waals surface area contributed by atoms with Crippen LogP contribution in [0.25, 0.3) is 0 Å². The van der Waals surface area contributed by atoms with Crippen LogP contribution >= 0.6 is 23.2 Å². The van der Waals surface area contributed by atoms with Crippen LogP contribution in [-0.2, 0) is 15.8 Å². The van der Waals surface area contributed by atoms with Gasteiger partial charge < -0.3 is 0 Å². The first kappa shape index (κ1) is 20.3. The van der Waals surface area contributed by atoms with E-state index in [0.29, 0.717) is 47.1 Å². The molecule has 1 saturated heterocycles. The Labute approximate surface area is 170 Å². The smallest absolute Gasteiger partial charge is 0.218 e. The van der Waals surface area contributed by atoms with Gasteiger partial charge in [-0.1, -0.05) is 59.1 Å². The molecular weight excluding hydrogens is 405 g/mol. The highest BCUT2D eigenvalue weighted by Crippen LogP contribution is 2.27. The number of carbonyl (C=O) groups excluding carboxylic acids is 1. The van der Waals surface area contributed by atoms with Gasteiger partial charge in [0.2, 0.25) is 10.0 Å². The summed E-state index contributed by atoms with van der Waals surface area (Å²) in [6, 6.07) is 12.4. The molecule has 1 aliphatic rings. The predicted molar refractivity (Wildman–Crippen MR) is 109 cm³/mol. The Morgan fingerprint density at radius 3 is 2.26 bits per heavy atom. The highest BCUT2D eigenvalue weighted by Gasteiger charge is 2.31. The number of piperidine rings is 1. The number of halogens is 2. The lowest BCUT2D eigenvalue weighted by Gasteiger charge is -2.30. The van der Waals surface area contributed by atoms with Crippen molar-refractivity contribution in [3.05, 3.63) is 69.2 Å². The summed E-state index contributed by atoms with van der Waals surface area (Å²) in [7, 11) is -3.47. The molecule has 0 aromatic heterocycles. The Morgan fingerprint density at radius 2 is 1.67 bits per heavy atom. The summed E-state index contributed by atoms with van der Waals surface area (Å²) in [4.78, 5) is 12.6. The van der Waals surface area contributed by atoms with Crippen LogP contribution < -0.4 is 0 Å². The number of aryl methyl sites for hydroxylation is 1. The van der Waals surface area contributed by atoms with Crippen LogP contribution in [0.2, 0.25) is 10.0 Å². The van der Waals surface area contributed by atoms with Crippen LogP contribution in [0.15, 0.2) is 42.5 Å². The summed E-state index contributed by atoms with van der Waals surface area (Å²) in [6.07, 6.45) is 1.07. The first-order valence-electron chi connectivity index (χ1n) is 8.79. The number of carbonyl (C=O) groups is 1. The number of nitrogens with zero attached hydrogens (tertiary/aromatic N) is 1. The molecule has 0 spiro atoms. The number of rotatable bonds is 5. The summed E-state index contributed by atoms with van der Waals surface area (Å²) in [5, 5.41) is 0.736. The Bertz CT molecular complexity index is 934. The standard InChI is InChI=1S/C20H21Cl2NO3S/c1-14-2-5-16(6-3-14)20(24)17-8-10-23(11-9-17)27(25,26)13-15-4-7-18(21)19(22)12-15/h2-7,12,17H,8-11,13H2,1H3. The number of benzene rings is 2. The molecule has 7 heteroatoms. The number of hydrogen-bond acceptors (Lipinski definition) is 3. The third-order valence-corrected chi connectivity index (χ3v) is 7.48. The minimum Gasteiger partial charge on any atom is -0.294 e. The number of Topliss-reactive ketones (excluding diaryl/α,β-unsaturated/α-hetero) is 1. The van der Waals surface area contributed by atoms with Gasteiger partial charge in [0.1, 0.15) is 0 Å². The summed E-state index contributed by atoms with van der Waals surface area (Å²) in [6.45, 7) is 2.68. The average Bonchev–Trinajstić information content (AvgIpc) is 2.65. The van der Waals surface area contributed by atoms with E-state index in [9.17, 15) is 13.2 Å². The van der Waals surface area contributed by atoms with Crippen LogP contribution in [0.3, 0.4) is 0 Å². The monoisotopic (exact) mass is 425 g/mol. The highest BCUT2D eigenvalue weighted by atomic mass is 35.5. The third kappa shape index (κ3) is 4.91. The van der Waals surface area contributed by atoms with E-state index in [2.05, 4.69) is 0 Å². The zero-order valence-electron chi connectivity index (χ0n) is 15.0. The van der Waals surface area contributed by atoms with Gasteiger partial charge >= 0.3 is 0 Å². The van der Waals surface area contributed by atoms with Gasteiger partial charge in [0.05, 0.1) is 15.8 Å². The van der Waals surface area contributed by atoms with Gasteiger partial charge in [-0.2, -0.15) is 0 Å². The van der Waals surface area contributed by atoms with Gasteiger partial charge in [0, 0.05) is 24.6 Å². The molecule has 0 bridgehead atoms. The highest BCUT2D eigenvalue weighted by molar-refractivity contribution is 7.88. The largest absolute Gasteiger partial charge is 0.294 e. The Kier molecular flexibility index (Phi) is 6.26. The molecular formula is C20H21Cl2NO3S. The van der Waals surface area contributed by atoms with E-state index in [1.165, 1.54) is 4.31 Å². The fourth-order valence-electron chi connectivity index (χ4n) is 3.28. The van der Waals surface area contributed by atoms with Gasteiger partial charge in [-0.25, -0.2) is 12.7 Å². The van der Waals surface area contributed by atoms with Crippen molar-refractivity contribution in [3.63, 3.8) is 0 Å². The number of hydrogen-bond donors (Lipinski definition) is 0. The van der Waals surface area contributed by atoms with Crippen molar-refractivity contribution in [3.8, 4) is 0 Å². The fraction of sp³-hybridized carbons (Fsp3) is 0.350. The van der Waals surface area contributed by atoms with Gasteiger partial charge in [0.25, 0.3) is 0 Å². The second-order valence-electron chi connectivity index (χ2n) is 6.91. The van der Waals surface area contributed by atoms with Crippen LogP contribution in [0.1, 0.15) is 34.3 Å². The first-order chi connectivity index (χ1) is 12.8. The molecule has 0 atom stereocenters. The summed E-state index contributed by atoms with van der Waals surface area (Å²) in [5.74, 6) is -0.166. The van der Waals surface area contributed by atoms with Crippen molar-refractivity contribution in [1.82, 2.24) is 4.31 Å². The molecule has 0 aliphatic carbocycles. The quantitative estimate of drug-likeness (QED) is 0.650. The molecule has 144 valence electrons. The minimum absolute atomic E-state index is 0.0940. The van der Waals surface area contributed by atoms with Crippen LogP contribution in [-0.4, -0.2) is 31.6 Å². The molecule has 1 fully saturated rings. The topological polar surface area (TPSA) is 54.5 Å². The predicted octanol–water partition coefficient (Wildman–Crippen LogP) is 4.73. The minimum atomic E-state index is -3.47. The Balaban J connectivity index is 1.62. The zero-order chi connectivity index (χ0) is 19.6. The molecule has 27 heavy (non-hydrogen) atoms. The number of sulfonamides is 1. The molecule has 3 rings (SSSR count). The lowest BCUT2D eigenvalue weighted by atomic mass is 9.89. The maximum Gasteiger partial charge on any atom is 0.218 e. The molecule has 4 nitrogen and oxygen atoms in total. The molecule has 1 heterocycles. The second-order valence-corrected chi connectivity index (χ2v) is 9.69. The molecule has 0 N–H and O–H groups in total. The van der Waals surface area contributed by atoms with E-state index < -0.39 is 10.0 Å². The van der Waals surface area contributed by atoms with Crippen molar-refractivity contribution in [2.24, 2.45) is 5.92 Å². The van der Waals surface area contributed by atoms with E-state index in [1.54, 1.807) is 18.2 Å². The second kappa shape index (κ2) is 8.31. The van der Waals surface area contributed by atoms with Crippen LogP contribution in [0, 0.1) is 12.8 Å². The van der Waals surface area contributed by atoms with E-state index in [4.69, 9.17) is 23.2 Å². The Hall–Kier alpha value is -1.40. The molecule has 0 amide bonds. The SMILES string of the molecule is Cc1ccc(C(=O)C2CCN(S(=O)(=O)Cc3ccc(Cl)c(Cl)c3)CC2)cc1. The van der Waals surface area contributed by atoms with Crippen molar-refractivity contribution in [2.75, 3.05) is 13.1 Å². The molecule has 0 unspecified atom stereocenters. The lowest BCUT2D eigenvalue weighted by molar-refractivity contribution is 0.0875. The fourth-order valence-corrected chi connectivity index (χ4v) is 5.15. The van der Waals surface area contributed by atoms with Crippen molar-refractivity contribution in [1.29, 1.82) is 0 Å². The van der Waals surface area contributed by atoms with E-state index in [-0.39, 0.29) is 17.5 Å². The molecule has 0 radical (unpaired) electrons. The zero-order valence-corrected chi connectivity index (χ0v) is 17.3. The molecule has 2 aromatic rings. The van der Waals surface area contributed by atoms with Crippen LogP contribution in [0.4, 0.5) is 0 Å². The van der Waals surface area contributed by atoms with Crippen molar-refractivity contribution in [2.45, 2.75) is 25.5 Å². The Morgan fingerprint density at radius 1 is 1.04 bits per heavy atom. The third-order valence-electron chi connectivity index (χ3n) is 4.89. The maximum atomic E-state index is 12.7. The molecule has 1 aliphatic heterocycles. The molecule has 2 aromatic carbocycles.